The molecule has 4 nitrogen and oxygen atoms in total. The van der Waals surface area contributed by atoms with Gasteiger partial charge >= 0.3 is 0 Å². The normalized spacial score (nSPS) is 11.5. The van der Waals surface area contributed by atoms with Crippen molar-refractivity contribution in [3.8, 4) is 56.4 Å². The van der Waals surface area contributed by atoms with Crippen molar-refractivity contribution >= 4 is 43.5 Å². The number of hydrogen-bond donors (Lipinski definition) is 0. The van der Waals surface area contributed by atoms with Gasteiger partial charge in [-0.2, -0.15) is 0 Å². The van der Waals surface area contributed by atoms with E-state index in [1.165, 1.54) is 5.39 Å². The van der Waals surface area contributed by atoms with E-state index in [-0.39, 0.29) is 0 Å². The Morgan fingerprint density at radius 1 is 0.314 bits per heavy atom. The third-order valence-electron chi connectivity index (χ3n) is 9.70. The standard InChI is InChI=1S/C47H29N3O/c1-3-12-30(13-4-1)34-18-11-19-36(26-34)45-48-46(37-23-22-32-16-7-8-17-33(32)27-37)50-47(49-45)42-29-41-39-25-24-35(31-14-5-2-6-15-31)28-43(39)51-44(41)40-21-10-9-20-38(40)42/h1-29H. The molecule has 0 atom stereocenters. The zero-order valence-electron chi connectivity index (χ0n) is 27.5. The van der Waals surface area contributed by atoms with Crippen molar-refractivity contribution in [2.75, 3.05) is 0 Å². The summed E-state index contributed by atoms with van der Waals surface area (Å²) in [6.45, 7) is 0. The highest BCUT2D eigenvalue weighted by Gasteiger charge is 2.19. The number of furan rings is 1. The van der Waals surface area contributed by atoms with E-state index in [2.05, 4.69) is 164 Å². The number of rotatable bonds is 5. The van der Waals surface area contributed by atoms with Crippen LogP contribution in [0.5, 0.6) is 0 Å². The largest absolute Gasteiger partial charge is 0.455 e. The Morgan fingerprint density at radius 3 is 1.65 bits per heavy atom. The molecule has 0 bridgehead atoms. The lowest BCUT2D eigenvalue weighted by Crippen LogP contribution is -2.01. The van der Waals surface area contributed by atoms with E-state index >= 15 is 0 Å². The fraction of sp³-hybridized carbons (Fsp3) is 0. The quantitative estimate of drug-likeness (QED) is 0.186. The van der Waals surface area contributed by atoms with Crippen LogP contribution >= 0.6 is 0 Å². The average molecular weight is 652 g/mol. The highest BCUT2D eigenvalue weighted by Crippen LogP contribution is 2.41. The van der Waals surface area contributed by atoms with E-state index in [4.69, 9.17) is 19.4 Å². The van der Waals surface area contributed by atoms with Gasteiger partial charge in [0.2, 0.25) is 0 Å². The first-order chi connectivity index (χ1) is 25.2. The second-order valence-electron chi connectivity index (χ2n) is 12.8. The topological polar surface area (TPSA) is 51.8 Å². The molecule has 2 aromatic heterocycles. The highest BCUT2D eigenvalue weighted by atomic mass is 16.3. The molecule has 0 aliphatic heterocycles. The summed E-state index contributed by atoms with van der Waals surface area (Å²) in [4.78, 5) is 15.5. The Kier molecular flexibility index (Phi) is 6.78. The molecule has 0 fully saturated rings. The molecule has 10 aromatic rings. The van der Waals surface area contributed by atoms with Gasteiger partial charge < -0.3 is 4.42 Å². The van der Waals surface area contributed by atoms with Crippen molar-refractivity contribution in [3.05, 3.63) is 176 Å². The van der Waals surface area contributed by atoms with Gasteiger partial charge in [0.25, 0.3) is 0 Å². The van der Waals surface area contributed by atoms with Gasteiger partial charge in [-0.25, -0.2) is 15.0 Å². The van der Waals surface area contributed by atoms with Crippen LogP contribution in [-0.2, 0) is 0 Å². The average Bonchev–Trinajstić information content (AvgIpc) is 3.59. The van der Waals surface area contributed by atoms with Crippen molar-refractivity contribution in [1.29, 1.82) is 0 Å². The molecule has 0 aliphatic rings. The molecule has 0 amide bonds. The molecular formula is C47H29N3O. The number of benzene rings is 8. The molecule has 0 aliphatic carbocycles. The molecule has 0 spiro atoms. The molecule has 0 saturated heterocycles. The van der Waals surface area contributed by atoms with E-state index in [0.717, 1.165) is 77.0 Å². The van der Waals surface area contributed by atoms with Gasteiger partial charge in [0, 0.05) is 32.8 Å². The third kappa shape index (κ3) is 5.13. The van der Waals surface area contributed by atoms with Crippen LogP contribution in [-0.4, -0.2) is 15.0 Å². The number of nitrogens with zero attached hydrogens (tertiary/aromatic N) is 3. The predicted molar refractivity (Wildman–Crippen MR) is 209 cm³/mol. The smallest absolute Gasteiger partial charge is 0.164 e. The Morgan fingerprint density at radius 2 is 0.882 bits per heavy atom. The summed E-state index contributed by atoms with van der Waals surface area (Å²) < 4.78 is 6.65. The van der Waals surface area contributed by atoms with E-state index in [1.807, 2.05) is 12.1 Å². The summed E-state index contributed by atoms with van der Waals surface area (Å²) in [5, 5.41) is 6.42. The second kappa shape index (κ2) is 11.9. The fourth-order valence-electron chi connectivity index (χ4n) is 7.14. The van der Waals surface area contributed by atoms with Gasteiger partial charge in [0.15, 0.2) is 17.5 Å². The highest BCUT2D eigenvalue weighted by molar-refractivity contribution is 6.19. The van der Waals surface area contributed by atoms with Crippen molar-refractivity contribution in [2.45, 2.75) is 0 Å². The Hall–Kier alpha value is -6.91. The Bertz CT molecular complexity index is 2910. The molecule has 10 rings (SSSR count). The summed E-state index contributed by atoms with van der Waals surface area (Å²) >= 11 is 0. The molecular weight excluding hydrogens is 623 g/mol. The maximum Gasteiger partial charge on any atom is 0.164 e. The first kappa shape index (κ1) is 29.0. The summed E-state index contributed by atoms with van der Waals surface area (Å²) in [5.74, 6) is 1.86. The zero-order chi connectivity index (χ0) is 33.7. The van der Waals surface area contributed by atoms with Gasteiger partial charge in [-0.15, -0.1) is 0 Å². The van der Waals surface area contributed by atoms with Crippen LogP contribution < -0.4 is 0 Å². The Labute approximate surface area is 294 Å². The van der Waals surface area contributed by atoms with E-state index < -0.39 is 0 Å². The van der Waals surface area contributed by atoms with Gasteiger partial charge in [-0.3, -0.25) is 0 Å². The zero-order valence-corrected chi connectivity index (χ0v) is 27.5. The lowest BCUT2D eigenvalue weighted by molar-refractivity contribution is 0.673. The fourth-order valence-corrected chi connectivity index (χ4v) is 7.14. The minimum Gasteiger partial charge on any atom is -0.455 e. The van der Waals surface area contributed by atoms with Crippen molar-refractivity contribution in [1.82, 2.24) is 15.0 Å². The van der Waals surface area contributed by atoms with Crippen LogP contribution in [0.4, 0.5) is 0 Å². The molecule has 238 valence electrons. The molecule has 0 radical (unpaired) electrons. The lowest BCUT2D eigenvalue weighted by Gasteiger charge is -2.12. The van der Waals surface area contributed by atoms with Gasteiger partial charge in [0.05, 0.1) is 0 Å². The van der Waals surface area contributed by atoms with Crippen LogP contribution in [0.25, 0.3) is 99.9 Å². The molecule has 0 N–H and O–H groups in total. The van der Waals surface area contributed by atoms with Gasteiger partial charge in [0.1, 0.15) is 11.2 Å². The molecule has 0 unspecified atom stereocenters. The molecule has 4 heteroatoms. The van der Waals surface area contributed by atoms with Crippen molar-refractivity contribution in [3.63, 3.8) is 0 Å². The van der Waals surface area contributed by atoms with E-state index in [9.17, 15) is 0 Å². The maximum absolute atomic E-state index is 6.65. The third-order valence-corrected chi connectivity index (χ3v) is 9.70. The van der Waals surface area contributed by atoms with Crippen LogP contribution in [0, 0.1) is 0 Å². The van der Waals surface area contributed by atoms with Crippen LogP contribution in [0.15, 0.2) is 180 Å². The van der Waals surface area contributed by atoms with E-state index in [1.54, 1.807) is 0 Å². The summed E-state index contributed by atoms with van der Waals surface area (Å²) in [6.07, 6.45) is 0. The molecule has 2 heterocycles. The molecule has 8 aromatic carbocycles. The van der Waals surface area contributed by atoms with E-state index in [0.29, 0.717) is 17.5 Å². The maximum atomic E-state index is 6.65. The molecule has 0 saturated carbocycles. The predicted octanol–water partition coefficient (Wildman–Crippen LogP) is 12.4. The van der Waals surface area contributed by atoms with Crippen molar-refractivity contribution < 1.29 is 4.42 Å². The second-order valence-corrected chi connectivity index (χ2v) is 12.8. The number of aromatic nitrogens is 3. The number of fused-ring (bicyclic) bond motifs is 6. The van der Waals surface area contributed by atoms with Crippen LogP contribution in [0.2, 0.25) is 0 Å². The van der Waals surface area contributed by atoms with Crippen LogP contribution in [0.3, 0.4) is 0 Å². The van der Waals surface area contributed by atoms with Crippen LogP contribution in [0.1, 0.15) is 0 Å². The SMILES string of the molecule is c1ccc(-c2cccc(-c3nc(-c4ccc5ccccc5c4)nc(-c4cc5c6ccc(-c7ccccc7)cc6oc5c5ccccc45)n3)c2)cc1. The summed E-state index contributed by atoms with van der Waals surface area (Å²) in [6, 6.07) is 61.0. The minimum atomic E-state index is 0.613. The Balaban J connectivity index is 1.21. The summed E-state index contributed by atoms with van der Waals surface area (Å²) in [5.41, 5.74) is 9.01. The first-order valence-corrected chi connectivity index (χ1v) is 17.1. The first-order valence-electron chi connectivity index (χ1n) is 17.1. The van der Waals surface area contributed by atoms with Crippen molar-refractivity contribution in [2.24, 2.45) is 0 Å². The minimum absolute atomic E-state index is 0.613. The molecule has 51 heavy (non-hydrogen) atoms. The monoisotopic (exact) mass is 651 g/mol. The lowest BCUT2D eigenvalue weighted by atomic mass is 9.98. The van der Waals surface area contributed by atoms with Gasteiger partial charge in [-0.05, 0) is 68.7 Å². The number of hydrogen-bond acceptors (Lipinski definition) is 4. The van der Waals surface area contributed by atoms with Gasteiger partial charge in [-0.1, -0.05) is 146 Å². The summed E-state index contributed by atoms with van der Waals surface area (Å²) in [7, 11) is 0.